The van der Waals surface area contributed by atoms with Crippen molar-refractivity contribution in [3.05, 3.63) is 23.3 Å². The molecule has 0 aromatic rings. The summed E-state index contributed by atoms with van der Waals surface area (Å²) in [4.78, 5) is 0. The molecular weight excluding hydrogens is 292 g/mol. The summed E-state index contributed by atoms with van der Waals surface area (Å²) < 4.78 is 0. The second kappa shape index (κ2) is 4.96. The average molecular weight is 308 g/mol. The van der Waals surface area contributed by atoms with E-state index in [1.165, 1.54) is 11.1 Å². The Bertz CT molecular complexity index is 217. The van der Waals surface area contributed by atoms with E-state index < -0.39 is 12.8 Å². The normalized spacial score (nSPS) is 34.2. The molecule has 0 N–H and O–H groups in total. The Kier molecular flexibility index (Phi) is 4.49. The van der Waals surface area contributed by atoms with Gasteiger partial charge in [0.15, 0.2) is 0 Å². The minimum atomic E-state index is -2.34. The number of allylic oxidation sites excluding steroid dienone is 4. The van der Waals surface area contributed by atoms with Crippen molar-refractivity contribution in [2.45, 2.75) is 36.7 Å². The zero-order valence-electron chi connectivity index (χ0n) is 8.09. The van der Waals surface area contributed by atoms with E-state index in [-0.39, 0.29) is 0 Å². The Balaban J connectivity index is 2.76. The molecule has 0 unspecified atom stereocenters. The molecule has 0 radical (unpaired) electrons. The fraction of sp³-hybridized carbons (Fsp3) is 0.600. The second-order valence-electron chi connectivity index (χ2n) is 3.53. The van der Waals surface area contributed by atoms with Gasteiger partial charge in [0.25, 0.3) is 0 Å². The van der Waals surface area contributed by atoms with Crippen molar-refractivity contribution in [3.8, 4) is 0 Å². The van der Waals surface area contributed by atoms with E-state index in [0.29, 0.717) is 0 Å². The van der Waals surface area contributed by atoms with E-state index in [4.69, 9.17) is 19.4 Å². The van der Waals surface area contributed by atoms with E-state index in [2.05, 4.69) is 26.0 Å². The molecule has 0 nitrogen and oxygen atoms in total. The van der Waals surface area contributed by atoms with Gasteiger partial charge in [-0.05, 0) is 0 Å². The molecule has 0 fully saturated rings. The standard InChI is InChI=1S/C10H16.2ClH.Ru/c1-9(2)7-5-6-8-10(3)4;;;/h7-8H,1,3,5-6H2,2,4H3;2*1H;/q;;;+2/p-2/b9-7+,10-8+;;;. The van der Waals surface area contributed by atoms with E-state index >= 15 is 0 Å². The van der Waals surface area contributed by atoms with Crippen molar-refractivity contribution in [2.75, 3.05) is 0 Å². The van der Waals surface area contributed by atoms with Crippen LogP contribution < -0.4 is 0 Å². The Morgan fingerprint density at radius 1 is 1.00 bits per heavy atom. The Labute approximate surface area is 91.9 Å². The van der Waals surface area contributed by atoms with Gasteiger partial charge in [-0.2, -0.15) is 0 Å². The first kappa shape index (κ1) is 11.8. The molecular formula is C10H16Cl2Ru. The zero-order valence-corrected chi connectivity index (χ0v) is 11.3. The zero-order chi connectivity index (χ0) is 9.90. The first-order valence-electron chi connectivity index (χ1n) is 4.37. The van der Waals surface area contributed by atoms with Crippen LogP contribution in [-0.2, 0) is 12.8 Å². The van der Waals surface area contributed by atoms with Crippen LogP contribution in [-0.4, -0.2) is 0 Å². The molecule has 1 aliphatic rings. The predicted octanol–water partition coefficient (Wildman–Crippen LogP) is 4.97. The predicted molar refractivity (Wildman–Crippen MR) is 58.1 cm³/mol. The molecule has 78 valence electrons. The molecule has 1 aliphatic heterocycles. The van der Waals surface area contributed by atoms with Crippen molar-refractivity contribution in [1.82, 2.24) is 0 Å². The van der Waals surface area contributed by atoms with Crippen LogP contribution in [0.4, 0.5) is 0 Å². The maximum atomic E-state index is 6.37. The maximum absolute atomic E-state index is 6.37. The molecule has 1 rings (SSSR count). The first-order valence-corrected chi connectivity index (χ1v) is 11.3. The molecule has 0 amide bonds. The van der Waals surface area contributed by atoms with Crippen molar-refractivity contribution < 1.29 is 12.8 Å². The van der Waals surface area contributed by atoms with Crippen LogP contribution in [0.25, 0.3) is 0 Å². The van der Waals surface area contributed by atoms with E-state index in [0.717, 1.165) is 22.9 Å². The summed E-state index contributed by atoms with van der Waals surface area (Å²) in [6.07, 6.45) is 6.81. The van der Waals surface area contributed by atoms with E-state index in [9.17, 15) is 0 Å². The van der Waals surface area contributed by atoms with Crippen molar-refractivity contribution in [1.29, 1.82) is 0 Å². The van der Waals surface area contributed by atoms with Gasteiger partial charge in [0, 0.05) is 0 Å². The molecule has 0 aromatic heterocycles. The van der Waals surface area contributed by atoms with Gasteiger partial charge < -0.3 is 0 Å². The third-order valence-corrected chi connectivity index (χ3v) is 7.89. The first-order chi connectivity index (χ1) is 5.99. The summed E-state index contributed by atoms with van der Waals surface area (Å²) in [5.74, 6) is 0. The summed E-state index contributed by atoms with van der Waals surface area (Å²) in [5, 5.41) is 1.90. The van der Waals surface area contributed by atoms with Gasteiger partial charge in [-0.25, -0.2) is 0 Å². The molecule has 0 saturated heterocycles. The van der Waals surface area contributed by atoms with Crippen LogP contribution in [0.1, 0.15) is 26.7 Å². The molecule has 1 heterocycles. The van der Waals surface area contributed by atoms with Crippen LogP contribution in [0.3, 0.4) is 0 Å². The van der Waals surface area contributed by atoms with Gasteiger partial charge in [0.1, 0.15) is 0 Å². The molecule has 0 aromatic carbocycles. The van der Waals surface area contributed by atoms with Crippen LogP contribution >= 0.6 is 19.4 Å². The number of rotatable bonds is 0. The van der Waals surface area contributed by atoms with Crippen LogP contribution in [0.15, 0.2) is 23.3 Å². The molecule has 0 saturated carbocycles. The molecule has 13 heavy (non-hydrogen) atoms. The van der Waals surface area contributed by atoms with Gasteiger partial charge in [-0.15, -0.1) is 0 Å². The second-order valence-corrected chi connectivity index (χ2v) is 14.6. The Morgan fingerprint density at radius 2 is 1.38 bits per heavy atom. The number of halogens is 2. The van der Waals surface area contributed by atoms with Crippen LogP contribution in [0.2, 0.25) is 10.0 Å². The van der Waals surface area contributed by atoms with Crippen LogP contribution in [0.5, 0.6) is 0 Å². The third kappa shape index (κ3) is 4.63. The fourth-order valence-electron chi connectivity index (χ4n) is 1.38. The fourth-order valence-corrected chi connectivity index (χ4v) is 8.46. The van der Waals surface area contributed by atoms with Gasteiger partial charge in [-0.3, -0.25) is 0 Å². The van der Waals surface area contributed by atoms with Gasteiger partial charge >= 0.3 is 92.2 Å². The molecule has 0 aliphatic carbocycles. The summed E-state index contributed by atoms with van der Waals surface area (Å²) in [6, 6.07) is 0. The van der Waals surface area contributed by atoms with Gasteiger partial charge in [0.2, 0.25) is 0 Å². The Morgan fingerprint density at radius 3 is 1.77 bits per heavy atom. The molecule has 0 atom stereocenters. The van der Waals surface area contributed by atoms with Crippen molar-refractivity contribution in [2.24, 2.45) is 0 Å². The third-order valence-electron chi connectivity index (χ3n) is 1.91. The van der Waals surface area contributed by atoms with E-state index in [1.807, 2.05) is 0 Å². The SMILES string of the molecule is C/C1=C/CC/C=C(/C)[CH2][Ru]([Cl])([Cl])[CH2]1. The van der Waals surface area contributed by atoms with E-state index in [1.54, 1.807) is 0 Å². The van der Waals surface area contributed by atoms with Crippen molar-refractivity contribution in [3.63, 3.8) is 0 Å². The quantitative estimate of drug-likeness (QED) is 0.438. The molecule has 3 heteroatoms. The topological polar surface area (TPSA) is 0 Å². The summed E-state index contributed by atoms with van der Waals surface area (Å²) >= 11 is -2.34. The summed E-state index contributed by atoms with van der Waals surface area (Å²) in [7, 11) is 12.7. The Hall–Kier alpha value is 0.683. The van der Waals surface area contributed by atoms with Crippen molar-refractivity contribution >= 4 is 19.4 Å². The minimum absolute atomic E-state index is 0.949. The monoisotopic (exact) mass is 308 g/mol. The van der Waals surface area contributed by atoms with Gasteiger partial charge in [0.05, 0.1) is 0 Å². The van der Waals surface area contributed by atoms with Crippen LogP contribution in [0, 0.1) is 0 Å². The number of hydrogen-bond acceptors (Lipinski definition) is 0. The average Bonchev–Trinajstić information content (AvgIpc) is 1.99. The number of hydrogen-bond donors (Lipinski definition) is 0. The van der Waals surface area contributed by atoms with Gasteiger partial charge in [-0.1, -0.05) is 0 Å². The molecule has 0 bridgehead atoms. The summed E-state index contributed by atoms with van der Waals surface area (Å²) in [6.45, 7) is 4.28. The molecule has 0 spiro atoms. The summed E-state index contributed by atoms with van der Waals surface area (Å²) in [5.41, 5.74) is 2.75.